The number of hydrogen-bond acceptors (Lipinski definition) is 6. The van der Waals surface area contributed by atoms with Crippen LogP contribution in [0.2, 0.25) is 0 Å². The van der Waals surface area contributed by atoms with Gasteiger partial charge in [0.2, 0.25) is 5.91 Å². The Kier molecular flexibility index (Phi) is 7.05. The van der Waals surface area contributed by atoms with Crippen molar-refractivity contribution < 1.29 is 45.9 Å². The lowest BCUT2D eigenvalue weighted by molar-refractivity contribution is -0.166. The maximum Gasteiger partial charge on any atom is 0.442 e. The molecular formula is C19H15BrF5N4O5P. The average molecular weight is 585 g/mol. The van der Waals surface area contributed by atoms with Crippen molar-refractivity contribution in [2.75, 3.05) is 0 Å². The minimum absolute atomic E-state index is 0.102. The number of nitrogens with one attached hydrogen (secondary N) is 1. The molecule has 0 bridgehead atoms. The Morgan fingerprint density at radius 3 is 2.14 bits per heavy atom. The highest BCUT2D eigenvalue weighted by Crippen LogP contribution is 2.59. The molecule has 35 heavy (non-hydrogen) atoms. The molecule has 0 aliphatic carbocycles. The second-order valence-electron chi connectivity index (χ2n) is 7.51. The number of carbonyl (C=O) groups is 2. The lowest BCUT2D eigenvalue weighted by Crippen LogP contribution is -2.44. The standard InChI is InChI=1S/C19H15BrF5N4O5P/c20-13-7-10(6-12(8-13)17(28-29-17)19(23,24)25)15(30)27-16(31)14(26)5-9-1-3-11(4-2-9)18(21,22)35(32,33)34/h1-4,6-8,14H,5,26H2,(H,27,30,31)(H2,32,33,34)/t14-/m0/s1. The number of benzene rings is 2. The number of hydrogen-bond donors (Lipinski definition) is 4. The van der Waals surface area contributed by atoms with Crippen molar-refractivity contribution in [3.8, 4) is 0 Å². The van der Waals surface area contributed by atoms with E-state index < -0.39 is 54.1 Å². The van der Waals surface area contributed by atoms with Gasteiger partial charge in [0.25, 0.3) is 5.91 Å². The molecule has 0 spiro atoms. The highest BCUT2D eigenvalue weighted by molar-refractivity contribution is 9.10. The van der Waals surface area contributed by atoms with Crippen LogP contribution in [0.15, 0.2) is 57.2 Å². The molecule has 0 aromatic heterocycles. The van der Waals surface area contributed by atoms with Crippen molar-refractivity contribution in [2.24, 2.45) is 16.0 Å². The van der Waals surface area contributed by atoms with Crippen molar-refractivity contribution in [3.05, 3.63) is 69.2 Å². The molecule has 0 unspecified atom stereocenters. The predicted octanol–water partition coefficient (Wildman–Crippen LogP) is 3.68. The summed E-state index contributed by atoms with van der Waals surface area (Å²) in [5.41, 5.74) is -2.91. The number of imide groups is 1. The summed E-state index contributed by atoms with van der Waals surface area (Å²) in [6.07, 6.45) is -5.08. The van der Waals surface area contributed by atoms with Gasteiger partial charge in [-0.05, 0) is 30.2 Å². The van der Waals surface area contributed by atoms with Crippen LogP contribution in [0.1, 0.15) is 27.0 Å². The molecule has 0 radical (unpaired) electrons. The normalized spacial score (nSPS) is 16.0. The zero-order valence-corrected chi connectivity index (χ0v) is 19.6. The number of nitrogens with two attached hydrogens (primary N) is 1. The first-order valence-corrected chi connectivity index (χ1v) is 11.8. The quantitative estimate of drug-likeness (QED) is 0.287. The van der Waals surface area contributed by atoms with Gasteiger partial charge in [-0.3, -0.25) is 19.5 Å². The Morgan fingerprint density at radius 2 is 1.66 bits per heavy atom. The van der Waals surface area contributed by atoms with Crippen molar-refractivity contribution in [1.29, 1.82) is 0 Å². The van der Waals surface area contributed by atoms with Gasteiger partial charge in [0.15, 0.2) is 0 Å². The van der Waals surface area contributed by atoms with E-state index in [-0.39, 0.29) is 22.0 Å². The zero-order chi connectivity index (χ0) is 26.4. The third kappa shape index (κ3) is 5.48. The van der Waals surface area contributed by atoms with E-state index in [1.54, 1.807) is 0 Å². The predicted molar refractivity (Wildman–Crippen MR) is 113 cm³/mol. The molecule has 1 heterocycles. The molecule has 1 atom stereocenters. The van der Waals surface area contributed by atoms with Crippen LogP contribution in [0, 0.1) is 0 Å². The third-order valence-corrected chi connectivity index (χ3v) is 6.40. The second-order valence-corrected chi connectivity index (χ2v) is 10.1. The second kappa shape index (κ2) is 9.13. The Balaban J connectivity index is 1.69. The first kappa shape index (κ1) is 27.0. The van der Waals surface area contributed by atoms with E-state index in [0.29, 0.717) is 0 Å². The van der Waals surface area contributed by atoms with Crippen molar-refractivity contribution in [2.45, 2.75) is 30.0 Å². The molecule has 3 rings (SSSR count). The monoisotopic (exact) mass is 584 g/mol. The molecule has 5 N–H and O–H groups in total. The van der Waals surface area contributed by atoms with E-state index in [9.17, 15) is 36.1 Å². The van der Waals surface area contributed by atoms with Crippen molar-refractivity contribution >= 4 is 35.3 Å². The SMILES string of the molecule is N[C@@H](Cc1ccc(C(F)(F)P(=O)(O)O)cc1)C(=O)NC(=O)c1cc(Br)cc(C2(C(F)(F)F)N=N2)c1. The zero-order valence-electron chi connectivity index (χ0n) is 17.1. The summed E-state index contributed by atoms with van der Waals surface area (Å²) in [4.78, 5) is 42.3. The molecule has 16 heteroatoms. The van der Waals surface area contributed by atoms with Gasteiger partial charge in [0.05, 0.1) is 6.04 Å². The van der Waals surface area contributed by atoms with Gasteiger partial charge in [-0.25, -0.2) is 0 Å². The molecule has 0 saturated carbocycles. The Hall–Kier alpha value is -2.58. The van der Waals surface area contributed by atoms with Crippen LogP contribution in [-0.2, 0) is 27.1 Å². The molecule has 188 valence electrons. The Labute approximate surface area is 201 Å². The first-order chi connectivity index (χ1) is 16.0. The van der Waals surface area contributed by atoms with Crippen LogP contribution in [0.4, 0.5) is 22.0 Å². The van der Waals surface area contributed by atoms with Crippen LogP contribution < -0.4 is 11.1 Å². The number of carbonyl (C=O) groups excluding carboxylic acids is 2. The van der Waals surface area contributed by atoms with Crippen LogP contribution in [-0.4, -0.2) is 33.8 Å². The van der Waals surface area contributed by atoms with Crippen molar-refractivity contribution in [3.63, 3.8) is 0 Å². The largest absolute Gasteiger partial charge is 0.442 e. The number of nitrogens with zero attached hydrogens (tertiary/aromatic N) is 2. The molecule has 2 aromatic carbocycles. The van der Waals surface area contributed by atoms with E-state index in [4.69, 9.17) is 15.5 Å². The molecule has 0 fully saturated rings. The van der Waals surface area contributed by atoms with E-state index in [1.807, 2.05) is 5.32 Å². The van der Waals surface area contributed by atoms with Crippen molar-refractivity contribution in [1.82, 2.24) is 5.32 Å². The molecule has 1 aliphatic heterocycles. The maximum absolute atomic E-state index is 13.7. The minimum atomic E-state index is -5.75. The summed E-state index contributed by atoms with van der Waals surface area (Å²) >= 11 is 3.00. The van der Waals surface area contributed by atoms with E-state index >= 15 is 0 Å². The summed E-state index contributed by atoms with van der Waals surface area (Å²) in [6.45, 7) is 0. The fraction of sp³-hybridized carbons (Fsp3) is 0.263. The van der Waals surface area contributed by atoms with Gasteiger partial charge < -0.3 is 15.5 Å². The molecule has 2 amide bonds. The molecule has 9 nitrogen and oxygen atoms in total. The van der Waals surface area contributed by atoms with Crippen LogP contribution in [0.5, 0.6) is 0 Å². The Bertz CT molecular complexity index is 1240. The summed E-state index contributed by atoms with van der Waals surface area (Å²) in [5, 5.41) is 8.06. The Morgan fingerprint density at radius 1 is 1.09 bits per heavy atom. The van der Waals surface area contributed by atoms with Gasteiger partial charge in [-0.15, -0.1) is 10.2 Å². The topological polar surface area (TPSA) is 154 Å². The average Bonchev–Trinajstić information content (AvgIpc) is 3.55. The molecule has 1 aliphatic rings. The number of rotatable bonds is 7. The first-order valence-electron chi connectivity index (χ1n) is 9.43. The summed E-state index contributed by atoms with van der Waals surface area (Å²) in [7, 11) is -5.75. The fourth-order valence-corrected chi connectivity index (χ4v) is 3.98. The van der Waals surface area contributed by atoms with Gasteiger partial charge >= 0.3 is 25.1 Å². The molecule has 2 aromatic rings. The highest BCUT2D eigenvalue weighted by atomic mass is 79.9. The lowest BCUT2D eigenvalue weighted by Gasteiger charge is -2.18. The van der Waals surface area contributed by atoms with Gasteiger partial charge in [0, 0.05) is 21.2 Å². The van der Waals surface area contributed by atoms with E-state index in [1.165, 1.54) is 6.07 Å². The highest BCUT2D eigenvalue weighted by Gasteiger charge is 2.65. The van der Waals surface area contributed by atoms with Crippen LogP contribution in [0.25, 0.3) is 0 Å². The van der Waals surface area contributed by atoms with Gasteiger partial charge in [-0.1, -0.05) is 40.2 Å². The summed E-state index contributed by atoms with van der Waals surface area (Å²) in [6, 6.07) is 5.44. The van der Waals surface area contributed by atoms with Crippen LogP contribution >= 0.6 is 23.5 Å². The number of alkyl halides is 5. The minimum Gasteiger partial charge on any atom is -0.320 e. The van der Waals surface area contributed by atoms with E-state index in [2.05, 4.69) is 26.2 Å². The third-order valence-electron chi connectivity index (χ3n) is 4.95. The number of amides is 2. The summed E-state index contributed by atoms with van der Waals surface area (Å²) in [5.74, 6) is -2.06. The number of halogens is 6. The summed E-state index contributed by atoms with van der Waals surface area (Å²) < 4.78 is 78.3. The van der Waals surface area contributed by atoms with Gasteiger partial charge in [0.1, 0.15) is 0 Å². The lowest BCUT2D eigenvalue weighted by atomic mass is 10.00. The van der Waals surface area contributed by atoms with Gasteiger partial charge in [-0.2, -0.15) is 22.0 Å². The molecular weight excluding hydrogens is 570 g/mol. The van der Waals surface area contributed by atoms with Crippen LogP contribution in [0.3, 0.4) is 0 Å². The smallest absolute Gasteiger partial charge is 0.320 e. The molecule has 0 saturated heterocycles. The fourth-order valence-electron chi connectivity index (χ4n) is 3.00. The maximum atomic E-state index is 13.7. The van der Waals surface area contributed by atoms with E-state index in [0.717, 1.165) is 36.4 Å².